The minimum atomic E-state index is 0.137. The molecule has 30 heavy (non-hydrogen) atoms. The van der Waals surface area contributed by atoms with Gasteiger partial charge in [-0.3, -0.25) is 0 Å². The zero-order valence-electron chi connectivity index (χ0n) is 17.1. The molecule has 0 saturated heterocycles. The van der Waals surface area contributed by atoms with Gasteiger partial charge in [0.25, 0.3) is 0 Å². The second-order valence-corrected chi connectivity index (χ2v) is 7.51. The van der Waals surface area contributed by atoms with Gasteiger partial charge >= 0.3 is 0 Å². The lowest BCUT2D eigenvalue weighted by Crippen LogP contribution is -2.35. The molecule has 150 valence electrons. The Hall–Kier alpha value is -3.20. The van der Waals surface area contributed by atoms with Gasteiger partial charge in [-0.2, -0.15) is 0 Å². The van der Waals surface area contributed by atoms with Crippen molar-refractivity contribution in [2.75, 3.05) is 0 Å². The van der Waals surface area contributed by atoms with E-state index in [1.807, 2.05) is 0 Å². The summed E-state index contributed by atoms with van der Waals surface area (Å²) in [5.74, 6) is 0. The zero-order valence-corrected chi connectivity index (χ0v) is 17.1. The molecule has 0 bridgehead atoms. The second-order valence-electron chi connectivity index (χ2n) is 7.51. The van der Waals surface area contributed by atoms with E-state index >= 15 is 0 Å². The quantitative estimate of drug-likeness (QED) is 0.362. The van der Waals surface area contributed by atoms with Gasteiger partial charge in [0, 0.05) is 13.1 Å². The van der Waals surface area contributed by atoms with Crippen LogP contribution in [0.25, 0.3) is 0 Å². The van der Waals surface area contributed by atoms with E-state index in [2.05, 4.69) is 132 Å². The van der Waals surface area contributed by atoms with Gasteiger partial charge in [0.1, 0.15) is 0 Å². The smallest absolute Gasteiger partial charge is 0.0521 e. The minimum Gasteiger partial charge on any atom is -0.304 e. The van der Waals surface area contributed by atoms with Crippen LogP contribution in [0.15, 0.2) is 121 Å². The van der Waals surface area contributed by atoms with Crippen LogP contribution in [0.4, 0.5) is 0 Å². The van der Waals surface area contributed by atoms with Crippen LogP contribution in [0.3, 0.4) is 0 Å². The number of nitrogens with one attached hydrogen (secondary N) is 2. The normalized spacial score (nSPS) is 12.9. The van der Waals surface area contributed by atoms with Crippen molar-refractivity contribution in [1.29, 1.82) is 0 Å². The van der Waals surface area contributed by atoms with Gasteiger partial charge < -0.3 is 10.6 Å². The van der Waals surface area contributed by atoms with Crippen LogP contribution in [0, 0.1) is 0 Å². The highest BCUT2D eigenvalue weighted by molar-refractivity contribution is 5.28. The van der Waals surface area contributed by atoms with Crippen LogP contribution in [0.2, 0.25) is 0 Å². The van der Waals surface area contributed by atoms with Gasteiger partial charge in [-0.25, -0.2) is 0 Å². The van der Waals surface area contributed by atoms with Crippen molar-refractivity contribution < 1.29 is 0 Å². The fourth-order valence-electron chi connectivity index (χ4n) is 3.82. The predicted molar refractivity (Wildman–Crippen MR) is 125 cm³/mol. The first-order valence-electron chi connectivity index (χ1n) is 10.5. The lowest BCUT2D eigenvalue weighted by molar-refractivity contribution is 0.381. The molecule has 4 aromatic carbocycles. The molecule has 2 unspecified atom stereocenters. The van der Waals surface area contributed by atoms with Gasteiger partial charge in [0.05, 0.1) is 12.1 Å². The molecule has 4 rings (SSSR count). The van der Waals surface area contributed by atoms with Gasteiger partial charge in [-0.05, 0) is 22.3 Å². The largest absolute Gasteiger partial charge is 0.304 e. The summed E-state index contributed by atoms with van der Waals surface area (Å²) in [6.45, 7) is 1.63. The maximum atomic E-state index is 3.82. The number of hydrogen-bond donors (Lipinski definition) is 2. The molecule has 4 aromatic rings. The topological polar surface area (TPSA) is 24.1 Å². The van der Waals surface area contributed by atoms with E-state index in [9.17, 15) is 0 Å². The van der Waals surface area contributed by atoms with Crippen LogP contribution < -0.4 is 10.6 Å². The average molecular weight is 393 g/mol. The molecule has 0 aliphatic carbocycles. The highest BCUT2D eigenvalue weighted by Gasteiger charge is 2.24. The number of hydrogen-bond acceptors (Lipinski definition) is 2. The maximum Gasteiger partial charge on any atom is 0.0521 e. The van der Waals surface area contributed by atoms with Crippen molar-refractivity contribution >= 4 is 0 Å². The van der Waals surface area contributed by atoms with E-state index < -0.39 is 0 Å². The maximum absolute atomic E-state index is 3.82. The van der Waals surface area contributed by atoms with E-state index in [-0.39, 0.29) is 12.1 Å². The van der Waals surface area contributed by atoms with E-state index in [1.54, 1.807) is 0 Å². The van der Waals surface area contributed by atoms with Crippen LogP contribution in [-0.4, -0.2) is 0 Å². The lowest BCUT2D eigenvalue weighted by atomic mass is 9.92. The summed E-state index contributed by atoms with van der Waals surface area (Å²) in [7, 11) is 0. The lowest BCUT2D eigenvalue weighted by Gasteiger charge is -2.30. The Morgan fingerprint density at radius 2 is 0.700 bits per heavy atom. The van der Waals surface area contributed by atoms with E-state index in [4.69, 9.17) is 0 Å². The molecule has 0 saturated carbocycles. The molecule has 2 nitrogen and oxygen atoms in total. The minimum absolute atomic E-state index is 0.137. The van der Waals surface area contributed by atoms with Gasteiger partial charge in [0.15, 0.2) is 0 Å². The van der Waals surface area contributed by atoms with Crippen LogP contribution >= 0.6 is 0 Å². The molecule has 0 aliphatic rings. The number of rotatable bonds is 9. The molecule has 0 radical (unpaired) electrons. The Labute approximate surface area is 179 Å². The average Bonchev–Trinajstić information content (AvgIpc) is 2.83. The Morgan fingerprint density at radius 3 is 1.03 bits per heavy atom. The Kier molecular flexibility index (Phi) is 7.06. The monoisotopic (exact) mass is 392 g/mol. The first-order valence-corrected chi connectivity index (χ1v) is 10.5. The first kappa shape index (κ1) is 20.1. The Balaban J connectivity index is 1.63. The van der Waals surface area contributed by atoms with Crippen molar-refractivity contribution in [2.24, 2.45) is 0 Å². The van der Waals surface area contributed by atoms with Crippen molar-refractivity contribution in [2.45, 2.75) is 25.2 Å². The summed E-state index contributed by atoms with van der Waals surface area (Å²) in [4.78, 5) is 0. The fourth-order valence-corrected chi connectivity index (χ4v) is 3.82. The molecule has 0 amide bonds. The summed E-state index contributed by atoms with van der Waals surface area (Å²) in [6.07, 6.45) is 0. The molecule has 0 spiro atoms. The van der Waals surface area contributed by atoms with E-state index in [1.165, 1.54) is 22.3 Å². The third-order valence-corrected chi connectivity index (χ3v) is 5.39. The van der Waals surface area contributed by atoms with Crippen LogP contribution in [-0.2, 0) is 13.1 Å². The first-order chi connectivity index (χ1) is 14.9. The fraction of sp³-hybridized carbons (Fsp3) is 0.143. The van der Waals surface area contributed by atoms with E-state index in [0.717, 1.165) is 13.1 Å². The highest BCUT2D eigenvalue weighted by atomic mass is 15.0. The predicted octanol–water partition coefficient (Wildman–Crippen LogP) is 6.05. The summed E-state index contributed by atoms with van der Waals surface area (Å²) in [5, 5.41) is 7.65. The van der Waals surface area contributed by atoms with Gasteiger partial charge in [-0.1, -0.05) is 121 Å². The summed E-state index contributed by atoms with van der Waals surface area (Å²) in [5.41, 5.74) is 5.13. The third-order valence-electron chi connectivity index (χ3n) is 5.39. The van der Waals surface area contributed by atoms with E-state index in [0.29, 0.717) is 0 Å². The molecular weight excluding hydrogens is 364 g/mol. The molecule has 2 heteroatoms. The summed E-state index contributed by atoms with van der Waals surface area (Å²) in [6, 6.07) is 42.9. The third kappa shape index (κ3) is 5.44. The Bertz CT molecular complexity index is 901. The molecule has 0 aliphatic heterocycles. The van der Waals surface area contributed by atoms with Crippen LogP contribution in [0.5, 0.6) is 0 Å². The van der Waals surface area contributed by atoms with Crippen LogP contribution in [0.1, 0.15) is 34.3 Å². The zero-order chi connectivity index (χ0) is 20.4. The Morgan fingerprint density at radius 1 is 0.400 bits per heavy atom. The molecule has 2 atom stereocenters. The SMILES string of the molecule is c1ccc(CNC(c2ccccc2)C(NCc2ccccc2)c2ccccc2)cc1. The standard InChI is InChI=1S/C28H28N2/c1-5-13-23(14-6-1)21-29-27(25-17-9-3-10-18-25)28(26-19-11-4-12-20-26)30-22-24-15-7-2-8-16-24/h1-20,27-30H,21-22H2. The van der Waals surface area contributed by atoms with Crippen molar-refractivity contribution in [3.05, 3.63) is 144 Å². The van der Waals surface area contributed by atoms with Crippen molar-refractivity contribution in [3.63, 3.8) is 0 Å². The number of benzene rings is 4. The molecule has 0 aromatic heterocycles. The second kappa shape index (κ2) is 10.5. The molecular formula is C28H28N2. The molecule has 0 fully saturated rings. The van der Waals surface area contributed by atoms with Crippen molar-refractivity contribution in [3.8, 4) is 0 Å². The van der Waals surface area contributed by atoms with Crippen molar-refractivity contribution in [1.82, 2.24) is 10.6 Å². The summed E-state index contributed by atoms with van der Waals surface area (Å²) < 4.78 is 0. The summed E-state index contributed by atoms with van der Waals surface area (Å²) >= 11 is 0. The highest BCUT2D eigenvalue weighted by Crippen LogP contribution is 2.30. The molecule has 0 heterocycles. The van der Waals surface area contributed by atoms with Gasteiger partial charge in [-0.15, -0.1) is 0 Å². The van der Waals surface area contributed by atoms with Gasteiger partial charge in [0.2, 0.25) is 0 Å². The molecule has 2 N–H and O–H groups in total.